The maximum Gasteiger partial charge on any atom is 0.293 e. The number of anilines is 1. The maximum atomic E-state index is 12.6. The predicted octanol–water partition coefficient (Wildman–Crippen LogP) is 3.28. The van der Waals surface area contributed by atoms with Crippen LogP contribution in [0, 0.1) is 6.92 Å². The number of Topliss-reactive ketones (excluding diaryl/α,β-unsaturated/α-hetero) is 1. The van der Waals surface area contributed by atoms with Crippen molar-refractivity contribution in [3.05, 3.63) is 33.7 Å². The van der Waals surface area contributed by atoms with E-state index in [4.69, 9.17) is 4.42 Å². The van der Waals surface area contributed by atoms with Crippen LogP contribution in [0.4, 0.5) is 5.13 Å². The molecule has 0 spiro atoms. The maximum absolute atomic E-state index is 12.6. The summed E-state index contributed by atoms with van der Waals surface area (Å²) in [5.74, 6) is 1.14. The largest absolute Gasteiger partial charge is 0.455 e. The number of hydrogen-bond acceptors (Lipinski definition) is 6. The van der Waals surface area contributed by atoms with E-state index in [-0.39, 0.29) is 17.5 Å². The number of ketones is 1. The van der Waals surface area contributed by atoms with Crippen LogP contribution in [0.2, 0.25) is 0 Å². The fourth-order valence-corrected chi connectivity index (χ4v) is 4.64. The second-order valence-corrected chi connectivity index (χ2v) is 7.74. The van der Waals surface area contributed by atoms with Crippen molar-refractivity contribution in [3.63, 3.8) is 0 Å². The molecule has 0 aromatic carbocycles. The van der Waals surface area contributed by atoms with Gasteiger partial charge in [0.25, 0.3) is 5.91 Å². The Morgan fingerprint density at radius 2 is 2.16 bits per heavy atom. The number of aromatic nitrogens is 1. The molecule has 4 rings (SSSR count). The zero-order valence-electron chi connectivity index (χ0n) is 14.2. The molecule has 0 saturated carbocycles. The van der Waals surface area contributed by atoms with E-state index in [9.17, 15) is 9.59 Å². The lowest BCUT2D eigenvalue weighted by molar-refractivity contribution is 0.0963. The van der Waals surface area contributed by atoms with Crippen molar-refractivity contribution in [2.75, 3.05) is 18.4 Å². The number of amides is 1. The van der Waals surface area contributed by atoms with Crippen LogP contribution in [0.5, 0.6) is 0 Å². The number of nitrogens with one attached hydrogen (secondary N) is 2. The molecular formula is C18H21N3O3S. The fraction of sp³-hybridized carbons (Fsp3) is 0.500. The Hall–Kier alpha value is -1.99. The number of furan rings is 1. The number of nitrogens with zero attached hydrogens (tertiary/aromatic N) is 1. The highest BCUT2D eigenvalue weighted by Gasteiger charge is 2.29. The number of aryl methyl sites for hydroxylation is 1. The number of fused-ring (bicyclic) bond motifs is 1. The number of rotatable bonds is 3. The van der Waals surface area contributed by atoms with Crippen molar-refractivity contribution in [1.82, 2.24) is 10.3 Å². The van der Waals surface area contributed by atoms with Gasteiger partial charge < -0.3 is 9.73 Å². The molecule has 0 atom stereocenters. The Kier molecular flexibility index (Phi) is 4.43. The summed E-state index contributed by atoms with van der Waals surface area (Å²) in [5.41, 5.74) is 1.25. The lowest BCUT2D eigenvalue weighted by Crippen LogP contribution is -2.26. The van der Waals surface area contributed by atoms with E-state index in [0.29, 0.717) is 40.8 Å². The average Bonchev–Trinajstić information content (AvgIpc) is 3.21. The predicted molar refractivity (Wildman–Crippen MR) is 95.6 cm³/mol. The van der Waals surface area contributed by atoms with Gasteiger partial charge in [-0.2, -0.15) is 0 Å². The molecule has 2 N–H and O–H groups in total. The molecule has 3 heterocycles. The van der Waals surface area contributed by atoms with Crippen LogP contribution in [-0.2, 0) is 6.42 Å². The minimum atomic E-state index is -0.328. The van der Waals surface area contributed by atoms with Gasteiger partial charge in [0.2, 0.25) is 0 Å². The molecule has 2 aliphatic rings. The summed E-state index contributed by atoms with van der Waals surface area (Å²) < 4.78 is 5.70. The van der Waals surface area contributed by atoms with Crippen molar-refractivity contribution in [3.8, 4) is 0 Å². The van der Waals surface area contributed by atoms with Gasteiger partial charge in [-0.25, -0.2) is 4.98 Å². The molecule has 7 heteroatoms. The summed E-state index contributed by atoms with van der Waals surface area (Å²) >= 11 is 1.52. The Labute approximate surface area is 150 Å². The first-order chi connectivity index (χ1) is 12.1. The summed E-state index contributed by atoms with van der Waals surface area (Å²) in [6, 6.07) is 0. The van der Waals surface area contributed by atoms with Gasteiger partial charge in [-0.15, -0.1) is 11.3 Å². The van der Waals surface area contributed by atoms with Crippen molar-refractivity contribution >= 4 is 28.2 Å². The summed E-state index contributed by atoms with van der Waals surface area (Å²) in [5, 5.41) is 6.77. The summed E-state index contributed by atoms with van der Waals surface area (Å²) in [7, 11) is 0. The second kappa shape index (κ2) is 6.72. The van der Waals surface area contributed by atoms with E-state index in [1.54, 1.807) is 6.92 Å². The molecule has 132 valence electrons. The third-order valence-electron chi connectivity index (χ3n) is 5.00. The highest BCUT2D eigenvalue weighted by molar-refractivity contribution is 7.15. The Morgan fingerprint density at radius 1 is 1.36 bits per heavy atom. The minimum absolute atomic E-state index is 0.0731. The Balaban J connectivity index is 1.51. The molecule has 0 bridgehead atoms. The zero-order chi connectivity index (χ0) is 17.4. The van der Waals surface area contributed by atoms with Gasteiger partial charge in [0.15, 0.2) is 16.7 Å². The highest BCUT2D eigenvalue weighted by Crippen LogP contribution is 2.33. The molecule has 1 amide bonds. The molecule has 1 aliphatic carbocycles. The molecular weight excluding hydrogens is 338 g/mol. The average molecular weight is 359 g/mol. The second-order valence-electron chi connectivity index (χ2n) is 6.68. The molecule has 25 heavy (non-hydrogen) atoms. The topological polar surface area (TPSA) is 84.2 Å². The van der Waals surface area contributed by atoms with E-state index in [2.05, 4.69) is 15.6 Å². The molecule has 1 saturated heterocycles. The smallest absolute Gasteiger partial charge is 0.293 e. The molecule has 0 radical (unpaired) electrons. The standard InChI is InChI=1S/C18H21N3O3S/c1-10-15-12(22)3-2-4-13(15)24-16(10)17(23)21-18-20-9-14(25-18)11-5-7-19-8-6-11/h9,11,19H,2-8H2,1H3,(H,20,21,23). The first-order valence-electron chi connectivity index (χ1n) is 8.76. The van der Waals surface area contributed by atoms with Gasteiger partial charge in [0.1, 0.15) is 5.76 Å². The van der Waals surface area contributed by atoms with E-state index >= 15 is 0 Å². The van der Waals surface area contributed by atoms with Gasteiger partial charge in [-0.1, -0.05) is 0 Å². The van der Waals surface area contributed by atoms with Crippen molar-refractivity contribution in [2.45, 2.75) is 44.9 Å². The van der Waals surface area contributed by atoms with Crippen molar-refractivity contribution in [1.29, 1.82) is 0 Å². The van der Waals surface area contributed by atoms with Crippen LogP contribution >= 0.6 is 11.3 Å². The lowest BCUT2D eigenvalue weighted by Gasteiger charge is -2.20. The van der Waals surface area contributed by atoms with E-state index in [1.807, 2.05) is 6.20 Å². The first kappa shape index (κ1) is 16.5. The molecule has 1 aliphatic heterocycles. The molecule has 2 aromatic rings. The fourth-order valence-electron chi connectivity index (χ4n) is 3.66. The van der Waals surface area contributed by atoms with Gasteiger partial charge in [-0.3, -0.25) is 14.9 Å². The Bertz CT molecular complexity index is 818. The van der Waals surface area contributed by atoms with E-state index < -0.39 is 0 Å². The van der Waals surface area contributed by atoms with Gasteiger partial charge in [0.05, 0.1) is 5.56 Å². The zero-order valence-corrected chi connectivity index (χ0v) is 15.0. The van der Waals surface area contributed by atoms with Crippen molar-refractivity contribution < 1.29 is 14.0 Å². The molecule has 1 fully saturated rings. The third kappa shape index (κ3) is 3.14. The molecule has 2 aromatic heterocycles. The number of hydrogen-bond donors (Lipinski definition) is 2. The van der Waals surface area contributed by atoms with E-state index in [1.165, 1.54) is 16.2 Å². The summed E-state index contributed by atoms with van der Waals surface area (Å²) in [4.78, 5) is 30.2. The monoisotopic (exact) mass is 359 g/mol. The van der Waals surface area contributed by atoms with Crippen molar-refractivity contribution in [2.24, 2.45) is 0 Å². The van der Waals surface area contributed by atoms with Crippen LogP contribution in [0.15, 0.2) is 10.6 Å². The number of piperidine rings is 1. The summed E-state index contributed by atoms with van der Waals surface area (Å²) in [6.45, 7) is 3.83. The number of carbonyl (C=O) groups is 2. The van der Waals surface area contributed by atoms with Crippen LogP contribution in [0.3, 0.4) is 0 Å². The van der Waals surface area contributed by atoms with Crippen LogP contribution in [0.1, 0.15) is 68.7 Å². The van der Waals surface area contributed by atoms with Crippen LogP contribution in [-0.4, -0.2) is 29.8 Å². The number of carbonyl (C=O) groups excluding carboxylic acids is 2. The first-order valence-corrected chi connectivity index (χ1v) is 9.58. The van der Waals surface area contributed by atoms with Gasteiger partial charge in [-0.05, 0) is 45.2 Å². The number of thiazole rings is 1. The third-order valence-corrected chi connectivity index (χ3v) is 6.07. The lowest BCUT2D eigenvalue weighted by atomic mass is 9.94. The van der Waals surface area contributed by atoms with Crippen LogP contribution in [0.25, 0.3) is 0 Å². The highest BCUT2D eigenvalue weighted by atomic mass is 32.1. The quantitative estimate of drug-likeness (QED) is 0.878. The van der Waals surface area contributed by atoms with E-state index in [0.717, 1.165) is 32.4 Å². The minimum Gasteiger partial charge on any atom is -0.455 e. The van der Waals surface area contributed by atoms with Gasteiger partial charge in [0, 0.05) is 29.5 Å². The van der Waals surface area contributed by atoms with Crippen LogP contribution < -0.4 is 10.6 Å². The summed E-state index contributed by atoms with van der Waals surface area (Å²) in [6.07, 6.45) is 6.09. The molecule has 0 unspecified atom stereocenters. The SMILES string of the molecule is Cc1c(C(=O)Nc2ncc(C3CCNCC3)s2)oc2c1C(=O)CCC2. The molecule has 6 nitrogen and oxygen atoms in total. The normalized spacial score (nSPS) is 18.2. The Morgan fingerprint density at radius 3 is 2.92 bits per heavy atom. The van der Waals surface area contributed by atoms with Gasteiger partial charge >= 0.3 is 0 Å².